The van der Waals surface area contributed by atoms with Gasteiger partial charge in [-0.1, -0.05) is 13.8 Å². The Bertz CT molecular complexity index is 382. The van der Waals surface area contributed by atoms with Crippen LogP contribution in [-0.2, 0) is 4.74 Å². The molecule has 94 valence electrons. The molecule has 0 aliphatic carbocycles. The molecule has 0 N–H and O–H groups in total. The highest BCUT2D eigenvalue weighted by molar-refractivity contribution is 5.99. The van der Waals surface area contributed by atoms with Gasteiger partial charge in [0, 0.05) is 18.2 Å². The SMILES string of the molecule is CCOC(C(=O)c1cc(F)cc(F)c1)C(C)C. The first-order chi connectivity index (χ1) is 7.95. The van der Waals surface area contributed by atoms with Crippen molar-refractivity contribution in [2.45, 2.75) is 26.9 Å². The summed E-state index contributed by atoms with van der Waals surface area (Å²) in [5, 5.41) is 0. The van der Waals surface area contributed by atoms with Crippen molar-refractivity contribution in [1.29, 1.82) is 0 Å². The number of carbonyl (C=O) groups excluding carboxylic acids is 1. The molecule has 0 fully saturated rings. The van der Waals surface area contributed by atoms with Gasteiger partial charge in [-0.2, -0.15) is 0 Å². The molecular formula is C13H16F2O2. The Labute approximate surface area is 99.6 Å². The molecule has 17 heavy (non-hydrogen) atoms. The molecule has 0 bridgehead atoms. The molecule has 4 heteroatoms. The molecule has 0 spiro atoms. The normalized spacial score (nSPS) is 12.8. The van der Waals surface area contributed by atoms with Crippen LogP contribution in [0.15, 0.2) is 18.2 Å². The van der Waals surface area contributed by atoms with Crippen LogP contribution >= 0.6 is 0 Å². The number of ether oxygens (including phenoxy) is 1. The minimum atomic E-state index is -0.757. The van der Waals surface area contributed by atoms with Crippen molar-refractivity contribution in [3.8, 4) is 0 Å². The first-order valence-electron chi connectivity index (χ1n) is 5.57. The van der Waals surface area contributed by atoms with Crippen molar-refractivity contribution < 1.29 is 18.3 Å². The third-order valence-electron chi connectivity index (χ3n) is 2.36. The summed E-state index contributed by atoms with van der Waals surface area (Å²) in [6.07, 6.45) is -0.666. The average Bonchev–Trinajstić information content (AvgIpc) is 2.23. The second kappa shape index (κ2) is 5.87. The molecule has 0 aliphatic rings. The average molecular weight is 242 g/mol. The molecule has 0 radical (unpaired) electrons. The van der Waals surface area contributed by atoms with Crippen LogP contribution in [0, 0.1) is 17.6 Å². The third-order valence-corrected chi connectivity index (χ3v) is 2.36. The van der Waals surface area contributed by atoms with E-state index in [0.717, 1.165) is 18.2 Å². The van der Waals surface area contributed by atoms with Crippen molar-refractivity contribution in [1.82, 2.24) is 0 Å². The van der Waals surface area contributed by atoms with Gasteiger partial charge in [0.05, 0.1) is 0 Å². The van der Waals surface area contributed by atoms with Gasteiger partial charge in [0.25, 0.3) is 0 Å². The molecular weight excluding hydrogens is 226 g/mol. The second-order valence-corrected chi connectivity index (χ2v) is 4.14. The number of benzene rings is 1. The minimum absolute atomic E-state index is 0.00894. The van der Waals surface area contributed by atoms with E-state index in [1.54, 1.807) is 6.92 Å². The summed E-state index contributed by atoms with van der Waals surface area (Å²) in [5.41, 5.74) is 0.00894. The number of Topliss-reactive ketones (excluding diaryl/α,β-unsaturated/α-hetero) is 1. The monoisotopic (exact) mass is 242 g/mol. The Balaban J connectivity index is 3.00. The maximum atomic E-state index is 13.0. The van der Waals surface area contributed by atoms with Crippen LogP contribution in [0.3, 0.4) is 0 Å². The molecule has 1 atom stereocenters. The Kier molecular flexibility index (Phi) is 4.75. The van der Waals surface area contributed by atoms with Gasteiger partial charge in [-0.25, -0.2) is 8.78 Å². The molecule has 1 rings (SSSR count). The number of ketones is 1. The van der Waals surface area contributed by atoms with Crippen LogP contribution < -0.4 is 0 Å². The predicted molar refractivity (Wildman–Crippen MR) is 60.9 cm³/mol. The summed E-state index contributed by atoms with van der Waals surface area (Å²) >= 11 is 0. The topological polar surface area (TPSA) is 26.3 Å². The first-order valence-corrected chi connectivity index (χ1v) is 5.57. The smallest absolute Gasteiger partial charge is 0.192 e. The molecule has 2 nitrogen and oxygen atoms in total. The van der Waals surface area contributed by atoms with Crippen LogP contribution in [0.5, 0.6) is 0 Å². The van der Waals surface area contributed by atoms with Gasteiger partial charge in [0.1, 0.15) is 17.7 Å². The molecule has 0 aliphatic heterocycles. The van der Waals surface area contributed by atoms with Crippen LogP contribution in [0.2, 0.25) is 0 Å². The van der Waals surface area contributed by atoms with E-state index in [2.05, 4.69) is 0 Å². The van der Waals surface area contributed by atoms with Crippen molar-refractivity contribution in [2.24, 2.45) is 5.92 Å². The highest BCUT2D eigenvalue weighted by Crippen LogP contribution is 2.16. The van der Waals surface area contributed by atoms with Crippen LogP contribution in [0.1, 0.15) is 31.1 Å². The van der Waals surface area contributed by atoms with E-state index in [4.69, 9.17) is 4.74 Å². The van der Waals surface area contributed by atoms with E-state index in [-0.39, 0.29) is 17.3 Å². The van der Waals surface area contributed by atoms with E-state index in [0.29, 0.717) is 6.61 Å². The zero-order valence-corrected chi connectivity index (χ0v) is 10.2. The molecule has 1 unspecified atom stereocenters. The Hall–Kier alpha value is -1.29. The highest BCUT2D eigenvalue weighted by Gasteiger charge is 2.24. The summed E-state index contributed by atoms with van der Waals surface area (Å²) in [5.74, 6) is -1.95. The molecule has 0 aromatic heterocycles. The quantitative estimate of drug-likeness (QED) is 0.741. The van der Waals surface area contributed by atoms with E-state index < -0.39 is 17.7 Å². The fourth-order valence-corrected chi connectivity index (χ4v) is 1.61. The number of hydrogen-bond acceptors (Lipinski definition) is 2. The highest BCUT2D eigenvalue weighted by atomic mass is 19.1. The van der Waals surface area contributed by atoms with Crippen LogP contribution in [-0.4, -0.2) is 18.5 Å². The van der Waals surface area contributed by atoms with Gasteiger partial charge in [0.2, 0.25) is 0 Å². The van der Waals surface area contributed by atoms with Gasteiger partial charge in [-0.3, -0.25) is 4.79 Å². The largest absolute Gasteiger partial charge is 0.370 e. The van der Waals surface area contributed by atoms with E-state index in [1.165, 1.54) is 0 Å². The van der Waals surface area contributed by atoms with Gasteiger partial charge in [-0.05, 0) is 25.0 Å². The second-order valence-electron chi connectivity index (χ2n) is 4.14. The summed E-state index contributed by atoms with van der Waals surface area (Å²) in [7, 11) is 0. The van der Waals surface area contributed by atoms with Crippen molar-refractivity contribution in [2.75, 3.05) is 6.61 Å². The molecule has 1 aromatic carbocycles. The molecule has 0 heterocycles. The van der Waals surface area contributed by atoms with Gasteiger partial charge in [-0.15, -0.1) is 0 Å². The lowest BCUT2D eigenvalue weighted by atomic mass is 9.97. The summed E-state index contributed by atoms with van der Waals surface area (Å²) in [6, 6.07) is 2.79. The van der Waals surface area contributed by atoms with Crippen LogP contribution in [0.25, 0.3) is 0 Å². The fraction of sp³-hybridized carbons (Fsp3) is 0.462. The lowest BCUT2D eigenvalue weighted by molar-refractivity contribution is 0.0279. The number of halogens is 2. The zero-order chi connectivity index (χ0) is 13.0. The third kappa shape index (κ3) is 3.60. The number of hydrogen-bond donors (Lipinski definition) is 0. The number of rotatable bonds is 5. The van der Waals surface area contributed by atoms with Crippen molar-refractivity contribution in [3.63, 3.8) is 0 Å². The molecule has 1 aromatic rings. The summed E-state index contributed by atoms with van der Waals surface area (Å²) < 4.78 is 31.3. The van der Waals surface area contributed by atoms with Gasteiger partial charge in [0.15, 0.2) is 5.78 Å². The maximum Gasteiger partial charge on any atom is 0.192 e. The van der Waals surface area contributed by atoms with Crippen molar-refractivity contribution in [3.05, 3.63) is 35.4 Å². The first kappa shape index (κ1) is 13.8. The van der Waals surface area contributed by atoms with E-state index in [9.17, 15) is 13.6 Å². The van der Waals surface area contributed by atoms with Crippen molar-refractivity contribution >= 4 is 5.78 Å². The summed E-state index contributed by atoms with van der Waals surface area (Å²) in [4.78, 5) is 12.0. The van der Waals surface area contributed by atoms with Gasteiger partial charge < -0.3 is 4.74 Å². The molecule has 0 saturated carbocycles. The Morgan fingerprint density at radius 3 is 2.18 bits per heavy atom. The maximum absolute atomic E-state index is 13.0. The fourth-order valence-electron chi connectivity index (χ4n) is 1.61. The minimum Gasteiger partial charge on any atom is -0.370 e. The Morgan fingerprint density at radius 2 is 1.76 bits per heavy atom. The van der Waals surface area contributed by atoms with Gasteiger partial charge >= 0.3 is 0 Å². The lowest BCUT2D eigenvalue weighted by Gasteiger charge is -2.19. The molecule has 0 amide bonds. The van der Waals surface area contributed by atoms with Crippen LogP contribution in [0.4, 0.5) is 8.78 Å². The number of carbonyl (C=O) groups is 1. The van der Waals surface area contributed by atoms with E-state index >= 15 is 0 Å². The Morgan fingerprint density at radius 1 is 1.24 bits per heavy atom. The van der Waals surface area contributed by atoms with E-state index in [1.807, 2.05) is 13.8 Å². The predicted octanol–water partition coefficient (Wildman–Crippen LogP) is 3.21. The summed E-state index contributed by atoms with van der Waals surface area (Å²) in [6.45, 7) is 5.81. The zero-order valence-electron chi connectivity index (χ0n) is 10.2. The lowest BCUT2D eigenvalue weighted by Crippen LogP contribution is -2.30. The standard InChI is InChI=1S/C13H16F2O2/c1-4-17-13(8(2)3)12(16)9-5-10(14)7-11(15)6-9/h5-8,13H,4H2,1-3H3. The molecule has 0 saturated heterocycles.